The van der Waals surface area contributed by atoms with E-state index < -0.39 is 16.8 Å². The molecule has 1 N–H and O–H groups in total. The second-order valence-electron chi connectivity index (χ2n) is 1.68. The van der Waals surface area contributed by atoms with Crippen molar-refractivity contribution in [3.63, 3.8) is 0 Å². The summed E-state index contributed by atoms with van der Waals surface area (Å²) in [6.07, 6.45) is 0.384. The van der Waals surface area contributed by atoms with Crippen LogP contribution in [0.2, 0.25) is 0 Å². The van der Waals surface area contributed by atoms with E-state index in [4.69, 9.17) is 4.55 Å². The Bertz CT molecular complexity index is 164. The quantitative estimate of drug-likeness (QED) is 0.391. The van der Waals surface area contributed by atoms with Crippen LogP contribution in [0.25, 0.3) is 0 Å². The Morgan fingerprint density at radius 1 is 1.40 bits per heavy atom. The van der Waals surface area contributed by atoms with E-state index in [-0.39, 0.29) is 44.5 Å². The molecule has 10 heavy (non-hydrogen) atoms. The van der Waals surface area contributed by atoms with Gasteiger partial charge in [0.25, 0.3) is 10.1 Å². The van der Waals surface area contributed by atoms with Gasteiger partial charge in [0.2, 0.25) is 0 Å². The Balaban J connectivity index is -0.000000107. The number of alkyl halides is 1. The molecule has 0 rings (SSSR count). The van der Waals surface area contributed by atoms with Crippen molar-refractivity contribution in [2.75, 3.05) is 12.4 Å². The summed E-state index contributed by atoms with van der Waals surface area (Å²) >= 11 is 0. The molecule has 6 heteroatoms. The van der Waals surface area contributed by atoms with Gasteiger partial charge < -0.3 is 2.85 Å². The molecule has 0 radical (unpaired) electrons. The Morgan fingerprint density at radius 3 is 2.20 bits per heavy atom. The monoisotopic (exact) mass is 182 g/mol. The van der Waals surface area contributed by atoms with Crippen molar-refractivity contribution in [2.45, 2.75) is 12.8 Å². The molecule has 0 fully saturated rings. The van der Waals surface area contributed by atoms with Crippen LogP contribution in [-0.2, 0) is 10.1 Å². The molecular formula is C4H11FMgO3S. The van der Waals surface area contributed by atoms with Gasteiger partial charge in [0.15, 0.2) is 0 Å². The molecule has 0 bridgehead atoms. The zero-order valence-electron chi connectivity index (χ0n) is 7.59. The fourth-order valence-electron chi connectivity index (χ4n) is 0.379. The van der Waals surface area contributed by atoms with Crippen molar-refractivity contribution in [1.82, 2.24) is 0 Å². The molecule has 0 aliphatic heterocycles. The average Bonchev–Trinajstić information content (AvgIpc) is 1.63. The third kappa shape index (κ3) is 11.4. The van der Waals surface area contributed by atoms with Crippen molar-refractivity contribution in [1.29, 1.82) is 0 Å². The van der Waals surface area contributed by atoms with Crippen LogP contribution in [-0.4, -0.2) is 48.5 Å². The van der Waals surface area contributed by atoms with E-state index in [1.54, 1.807) is 0 Å². The molecule has 60 valence electrons. The number of halogens is 1. The van der Waals surface area contributed by atoms with Gasteiger partial charge in [0.05, 0.1) is 12.4 Å². The van der Waals surface area contributed by atoms with Crippen LogP contribution in [0, 0.1) is 0 Å². The molecule has 0 saturated carbocycles. The van der Waals surface area contributed by atoms with Crippen LogP contribution in [0.5, 0.6) is 0 Å². The molecule has 0 amide bonds. The molecule has 3 nitrogen and oxygen atoms in total. The van der Waals surface area contributed by atoms with Gasteiger partial charge in [-0.25, -0.2) is 0 Å². The van der Waals surface area contributed by atoms with Gasteiger partial charge in [-0.3, -0.25) is 8.94 Å². The molecule has 0 atom stereocenters. The molecule has 0 aliphatic carbocycles. The largest absolute Gasteiger partial charge is 2.00 e. The van der Waals surface area contributed by atoms with Crippen LogP contribution in [0.15, 0.2) is 0 Å². The van der Waals surface area contributed by atoms with E-state index in [1.165, 1.54) is 0 Å². The first-order chi connectivity index (χ1) is 4.06. The van der Waals surface area contributed by atoms with Gasteiger partial charge in [-0.2, -0.15) is 8.42 Å². The summed E-state index contributed by atoms with van der Waals surface area (Å²) in [5.41, 5.74) is 0. The van der Waals surface area contributed by atoms with Crippen LogP contribution < -0.4 is 0 Å². The Morgan fingerprint density at radius 2 is 1.90 bits per heavy atom. The summed E-state index contributed by atoms with van der Waals surface area (Å²) in [6.45, 7) is -0.532. The Hall–Kier alpha value is 0.606. The molecule has 0 aromatic heterocycles. The third-order valence-corrected chi connectivity index (χ3v) is 1.59. The predicted octanol–water partition coefficient (Wildman–Crippen LogP) is 0.468. The fraction of sp³-hybridized carbons (Fsp3) is 1.00. The van der Waals surface area contributed by atoms with Crippen LogP contribution in [0.1, 0.15) is 15.7 Å². The summed E-state index contributed by atoms with van der Waals surface area (Å²) in [6, 6.07) is 0. The zero-order chi connectivity index (χ0) is 7.33. The number of rotatable bonds is 4. The molecule has 0 aromatic rings. The maximum atomic E-state index is 11.3. The molecule has 0 aromatic carbocycles. The minimum atomic E-state index is -3.86. The van der Waals surface area contributed by atoms with E-state index in [1.807, 2.05) is 0 Å². The van der Waals surface area contributed by atoms with Crippen molar-refractivity contribution in [3.05, 3.63) is 0 Å². The van der Waals surface area contributed by atoms with E-state index >= 15 is 0 Å². The van der Waals surface area contributed by atoms with E-state index in [9.17, 15) is 12.8 Å². The molecule has 0 saturated heterocycles. The summed E-state index contributed by atoms with van der Waals surface area (Å²) in [5.74, 6) is -0.336. The second kappa shape index (κ2) is 6.32. The Labute approximate surface area is 78.9 Å². The molecule has 0 heterocycles. The van der Waals surface area contributed by atoms with Gasteiger partial charge in [-0.1, -0.05) is 0 Å². The average molecular weight is 182 g/mol. The Kier molecular flexibility index (Phi) is 8.36. The number of unbranched alkanes of at least 4 members (excludes halogenated alkanes) is 1. The first-order valence-electron chi connectivity index (χ1n) is 2.57. The summed E-state index contributed by atoms with van der Waals surface area (Å²) in [5, 5.41) is 0. The summed E-state index contributed by atoms with van der Waals surface area (Å²) in [4.78, 5) is 0. The van der Waals surface area contributed by atoms with Gasteiger partial charge in [-0.15, -0.1) is 0 Å². The van der Waals surface area contributed by atoms with Crippen molar-refractivity contribution in [2.24, 2.45) is 0 Å². The second-order valence-corrected chi connectivity index (χ2v) is 3.25. The van der Waals surface area contributed by atoms with Crippen molar-refractivity contribution < 1.29 is 20.2 Å². The van der Waals surface area contributed by atoms with Crippen molar-refractivity contribution in [3.8, 4) is 0 Å². The van der Waals surface area contributed by atoms with Crippen LogP contribution in [0.3, 0.4) is 0 Å². The normalized spacial score (nSPS) is 10.6. The molecule has 0 unspecified atom stereocenters. The predicted molar refractivity (Wildman–Crippen MR) is 39.6 cm³/mol. The molecule has 0 spiro atoms. The first-order valence-corrected chi connectivity index (χ1v) is 4.18. The topological polar surface area (TPSA) is 54.4 Å². The van der Waals surface area contributed by atoms with E-state index in [0.29, 0.717) is 0 Å². The number of hydrogen-bond donors (Lipinski definition) is 1. The molecular weight excluding hydrogens is 171 g/mol. The molecule has 0 aliphatic rings. The number of hydrogen-bond acceptors (Lipinski definition) is 2. The zero-order valence-corrected chi connectivity index (χ0v) is 7.82. The fourth-order valence-corrected chi connectivity index (χ4v) is 0.948. The standard InChI is InChI=1S/C4H9FO3S.Mg.2H/c5-3-1-2-4-9(6,7)8;;;/h1-4H2,(H,6,7,8);;;/q;+2;2*-1. The summed E-state index contributed by atoms with van der Waals surface area (Å²) in [7, 11) is -3.86. The van der Waals surface area contributed by atoms with E-state index in [0.717, 1.165) is 0 Å². The smallest absolute Gasteiger partial charge is 1.00 e. The van der Waals surface area contributed by atoms with Gasteiger partial charge in [0, 0.05) is 0 Å². The SMILES string of the molecule is O=S(=O)(O)CCCCF.[H-].[H-].[Mg+2]. The first kappa shape index (κ1) is 13.2. The third-order valence-electron chi connectivity index (χ3n) is 0.786. The minimum Gasteiger partial charge on any atom is -1.00 e. The van der Waals surface area contributed by atoms with Crippen LogP contribution >= 0.6 is 0 Å². The maximum Gasteiger partial charge on any atom is 2.00 e. The van der Waals surface area contributed by atoms with E-state index in [2.05, 4.69) is 0 Å². The van der Waals surface area contributed by atoms with Crippen LogP contribution in [0.4, 0.5) is 4.39 Å². The van der Waals surface area contributed by atoms with Gasteiger partial charge in [0.1, 0.15) is 0 Å². The minimum absolute atomic E-state index is 0. The van der Waals surface area contributed by atoms with Gasteiger partial charge >= 0.3 is 23.1 Å². The van der Waals surface area contributed by atoms with Crippen molar-refractivity contribution >= 4 is 33.2 Å². The maximum absolute atomic E-state index is 11.3. The van der Waals surface area contributed by atoms with Gasteiger partial charge in [-0.05, 0) is 12.8 Å². The summed E-state index contributed by atoms with van der Waals surface area (Å²) < 4.78 is 39.3.